The molecule has 2 aromatic carbocycles. The Morgan fingerprint density at radius 2 is 1.65 bits per heavy atom. The van der Waals surface area contributed by atoms with Crippen molar-refractivity contribution >= 4 is 50.1 Å². The van der Waals surface area contributed by atoms with Gasteiger partial charge < -0.3 is 15.5 Å². The molecule has 0 saturated carbocycles. The summed E-state index contributed by atoms with van der Waals surface area (Å²) in [6, 6.07) is 11.2. The van der Waals surface area contributed by atoms with E-state index < -0.39 is 0 Å². The van der Waals surface area contributed by atoms with Gasteiger partial charge in [0, 0.05) is 36.3 Å². The molecule has 164 valence electrons. The highest BCUT2D eigenvalue weighted by Gasteiger charge is 2.21. The van der Waals surface area contributed by atoms with Crippen LogP contribution in [0.1, 0.15) is 33.1 Å². The Labute approximate surface area is 190 Å². The number of carbonyl (C=O) groups is 1. The van der Waals surface area contributed by atoms with Crippen LogP contribution < -0.4 is 21.2 Å². The van der Waals surface area contributed by atoms with Gasteiger partial charge in [0.2, 0.25) is 0 Å². The molecular weight excluding hydrogens is 458 g/mol. The highest BCUT2D eigenvalue weighted by atomic mass is 79.9. The summed E-state index contributed by atoms with van der Waals surface area (Å²) in [5.74, 6) is 0. The summed E-state index contributed by atoms with van der Waals surface area (Å²) >= 11 is 3.43. The fraction of sp³-hybridized carbons (Fsp3) is 0.391. The van der Waals surface area contributed by atoms with Crippen LogP contribution in [0.2, 0.25) is 0 Å². The molecule has 7 nitrogen and oxygen atoms in total. The quantitative estimate of drug-likeness (QED) is 0.518. The molecule has 0 spiro atoms. The highest BCUT2D eigenvalue weighted by Crippen LogP contribution is 2.33. The first-order chi connectivity index (χ1) is 15.0. The predicted molar refractivity (Wildman–Crippen MR) is 130 cm³/mol. The summed E-state index contributed by atoms with van der Waals surface area (Å²) in [5.41, 5.74) is 4.13. The van der Waals surface area contributed by atoms with Crippen molar-refractivity contribution in [2.45, 2.75) is 46.2 Å². The number of hydrogen-bond donors (Lipinski definition) is 2. The fourth-order valence-corrected chi connectivity index (χ4v) is 4.71. The number of halogens is 1. The lowest BCUT2D eigenvalue weighted by Crippen LogP contribution is -2.31. The normalized spacial score (nSPS) is 14.1. The first kappa shape index (κ1) is 21.5. The van der Waals surface area contributed by atoms with Gasteiger partial charge >= 0.3 is 11.7 Å². The number of hydrogen-bond acceptors (Lipinski definition) is 3. The molecule has 4 rings (SSSR count). The number of rotatable bonds is 5. The molecule has 31 heavy (non-hydrogen) atoms. The molecule has 1 aromatic heterocycles. The summed E-state index contributed by atoms with van der Waals surface area (Å²) in [7, 11) is 0. The van der Waals surface area contributed by atoms with E-state index >= 15 is 0 Å². The molecule has 3 aromatic rings. The van der Waals surface area contributed by atoms with Gasteiger partial charge in [-0.3, -0.25) is 9.13 Å². The Morgan fingerprint density at radius 1 is 0.968 bits per heavy atom. The number of amides is 2. The molecule has 0 atom stereocenters. The van der Waals surface area contributed by atoms with Gasteiger partial charge in [-0.25, -0.2) is 9.59 Å². The van der Waals surface area contributed by atoms with Crippen molar-refractivity contribution in [2.24, 2.45) is 0 Å². The maximum Gasteiger partial charge on any atom is 0.329 e. The van der Waals surface area contributed by atoms with Gasteiger partial charge in [-0.1, -0.05) is 22.0 Å². The fourth-order valence-electron chi connectivity index (χ4n) is 4.31. The van der Waals surface area contributed by atoms with Gasteiger partial charge in [0.25, 0.3) is 0 Å². The van der Waals surface area contributed by atoms with Gasteiger partial charge in [0.15, 0.2) is 0 Å². The number of nitrogens with zero attached hydrogens (tertiary/aromatic N) is 3. The Kier molecular flexibility index (Phi) is 6.36. The van der Waals surface area contributed by atoms with Crippen molar-refractivity contribution in [1.29, 1.82) is 0 Å². The maximum absolute atomic E-state index is 12.9. The SMILES string of the molecule is CCn1c(=O)n(CC)c2cc(N3CCCCC3)c(NC(=O)Nc3cccc(Br)c3)cc21. The first-order valence-corrected chi connectivity index (χ1v) is 11.7. The van der Waals surface area contributed by atoms with Crippen molar-refractivity contribution in [3.63, 3.8) is 0 Å². The average Bonchev–Trinajstić information content (AvgIpc) is 3.03. The summed E-state index contributed by atoms with van der Waals surface area (Å²) in [4.78, 5) is 28.0. The number of nitrogens with one attached hydrogen (secondary N) is 2. The highest BCUT2D eigenvalue weighted by molar-refractivity contribution is 9.10. The van der Waals surface area contributed by atoms with E-state index in [0.29, 0.717) is 18.8 Å². The Bertz CT molecular complexity index is 1160. The maximum atomic E-state index is 12.9. The van der Waals surface area contributed by atoms with Crippen LogP contribution in [0.4, 0.5) is 21.9 Å². The molecule has 1 aliphatic heterocycles. The van der Waals surface area contributed by atoms with E-state index in [-0.39, 0.29) is 11.7 Å². The van der Waals surface area contributed by atoms with E-state index in [1.807, 2.05) is 44.2 Å². The zero-order chi connectivity index (χ0) is 22.0. The van der Waals surface area contributed by atoms with Crippen LogP contribution in [0.5, 0.6) is 0 Å². The zero-order valence-electron chi connectivity index (χ0n) is 17.9. The minimum absolute atomic E-state index is 0.0136. The number of aromatic nitrogens is 2. The lowest BCUT2D eigenvalue weighted by Gasteiger charge is -2.30. The Hall–Kier alpha value is -2.74. The molecular formula is C23H28BrN5O2. The van der Waals surface area contributed by atoms with Gasteiger partial charge in [0.05, 0.1) is 22.4 Å². The lowest BCUT2D eigenvalue weighted by molar-refractivity contribution is 0.262. The van der Waals surface area contributed by atoms with Crippen molar-refractivity contribution in [3.8, 4) is 0 Å². The van der Waals surface area contributed by atoms with Crippen LogP contribution in [0.25, 0.3) is 11.0 Å². The van der Waals surface area contributed by atoms with E-state index in [0.717, 1.165) is 52.8 Å². The van der Waals surface area contributed by atoms with Crippen LogP contribution in [0.3, 0.4) is 0 Å². The Morgan fingerprint density at radius 3 is 2.29 bits per heavy atom. The topological polar surface area (TPSA) is 71.3 Å². The smallest absolute Gasteiger partial charge is 0.329 e. The average molecular weight is 486 g/mol. The number of piperidine rings is 1. The third kappa shape index (κ3) is 4.35. The first-order valence-electron chi connectivity index (χ1n) is 10.9. The van der Waals surface area contributed by atoms with Gasteiger partial charge in [0.1, 0.15) is 0 Å². The monoisotopic (exact) mass is 485 g/mol. The third-order valence-electron chi connectivity index (χ3n) is 5.80. The second-order valence-electron chi connectivity index (χ2n) is 7.77. The number of carbonyl (C=O) groups excluding carboxylic acids is 1. The van der Waals surface area contributed by atoms with Crippen LogP contribution in [-0.4, -0.2) is 28.3 Å². The molecule has 0 unspecified atom stereocenters. The predicted octanol–water partition coefficient (Wildman–Crippen LogP) is 5.24. The van der Waals surface area contributed by atoms with Gasteiger partial charge in [-0.05, 0) is 63.4 Å². The summed E-state index contributed by atoms with van der Waals surface area (Å²) in [5, 5.41) is 5.93. The second-order valence-corrected chi connectivity index (χ2v) is 8.68. The molecule has 1 aliphatic rings. The van der Waals surface area contributed by atoms with Gasteiger partial charge in [-0.15, -0.1) is 0 Å². The number of anilines is 3. The van der Waals surface area contributed by atoms with Crippen molar-refractivity contribution in [2.75, 3.05) is 28.6 Å². The Balaban J connectivity index is 1.75. The largest absolute Gasteiger partial charge is 0.370 e. The van der Waals surface area contributed by atoms with Crippen LogP contribution in [0.15, 0.2) is 45.7 Å². The summed E-state index contributed by atoms with van der Waals surface area (Å²) in [6.45, 7) is 7.02. The molecule has 2 N–H and O–H groups in total. The van der Waals surface area contributed by atoms with E-state index in [1.54, 1.807) is 9.13 Å². The van der Waals surface area contributed by atoms with E-state index in [4.69, 9.17) is 0 Å². The summed E-state index contributed by atoms with van der Waals surface area (Å²) < 4.78 is 4.46. The van der Waals surface area contributed by atoms with E-state index in [9.17, 15) is 9.59 Å². The molecule has 2 heterocycles. The van der Waals surface area contributed by atoms with Crippen LogP contribution in [0, 0.1) is 0 Å². The van der Waals surface area contributed by atoms with Gasteiger partial charge in [-0.2, -0.15) is 0 Å². The number of aryl methyl sites for hydroxylation is 2. The molecule has 0 bridgehead atoms. The molecule has 1 saturated heterocycles. The third-order valence-corrected chi connectivity index (χ3v) is 6.29. The molecule has 2 amide bonds. The number of imidazole rings is 1. The second kappa shape index (κ2) is 9.18. The molecule has 0 radical (unpaired) electrons. The van der Waals surface area contributed by atoms with E-state index in [2.05, 4.69) is 37.5 Å². The zero-order valence-corrected chi connectivity index (χ0v) is 19.5. The number of fused-ring (bicyclic) bond motifs is 1. The van der Waals surface area contributed by atoms with Crippen molar-refractivity contribution < 1.29 is 4.79 Å². The van der Waals surface area contributed by atoms with Crippen LogP contribution >= 0.6 is 15.9 Å². The lowest BCUT2D eigenvalue weighted by atomic mass is 10.1. The number of benzene rings is 2. The minimum Gasteiger partial charge on any atom is -0.370 e. The van der Waals surface area contributed by atoms with Crippen LogP contribution in [-0.2, 0) is 13.1 Å². The van der Waals surface area contributed by atoms with E-state index in [1.165, 1.54) is 6.42 Å². The van der Waals surface area contributed by atoms with Crippen molar-refractivity contribution in [3.05, 3.63) is 51.4 Å². The van der Waals surface area contributed by atoms with Crippen molar-refractivity contribution in [1.82, 2.24) is 9.13 Å². The summed E-state index contributed by atoms with van der Waals surface area (Å²) in [6.07, 6.45) is 3.47. The minimum atomic E-state index is -0.309. The standard InChI is InChI=1S/C23H28BrN5O2/c1-3-28-20-14-18(26-22(30)25-17-10-8-9-16(24)13-17)19(27-11-6-5-7-12-27)15-21(20)29(4-2)23(28)31/h8-10,13-15H,3-7,11-12H2,1-2H3,(H2,25,26,30). The molecule has 1 fully saturated rings. The number of urea groups is 1. The molecule has 0 aliphatic carbocycles. The molecule has 8 heteroatoms.